The lowest BCUT2D eigenvalue weighted by atomic mass is 10.0. The van der Waals surface area contributed by atoms with Gasteiger partial charge < -0.3 is 25.2 Å². The van der Waals surface area contributed by atoms with Gasteiger partial charge in [0.1, 0.15) is 13.2 Å². The number of rotatable bonds is 5. The van der Waals surface area contributed by atoms with E-state index in [1.54, 1.807) is 18.2 Å². The molecule has 0 fully saturated rings. The molecule has 0 aromatic heterocycles. The summed E-state index contributed by atoms with van der Waals surface area (Å²) >= 11 is 0. The van der Waals surface area contributed by atoms with Gasteiger partial charge in [-0.2, -0.15) is 0 Å². The molecule has 3 N–H and O–H groups in total. The van der Waals surface area contributed by atoms with Crippen LogP contribution in [0.5, 0.6) is 11.5 Å². The number of hydrogen-bond donors (Lipinski definition) is 3. The molecule has 1 aliphatic heterocycles. The van der Waals surface area contributed by atoms with Crippen molar-refractivity contribution in [3.63, 3.8) is 0 Å². The maximum Gasteiger partial charge on any atom is 0.315 e. The van der Waals surface area contributed by atoms with E-state index < -0.39 is 6.10 Å². The molecule has 6 heteroatoms. The van der Waals surface area contributed by atoms with Crippen molar-refractivity contribution >= 4 is 16.8 Å². The zero-order chi connectivity index (χ0) is 19.3. The number of carbonyl (C=O) groups is 1. The quantitative estimate of drug-likeness (QED) is 0.637. The van der Waals surface area contributed by atoms with Crippen LogP contribution in [0.4, 0.5) is 4.79 Å². The first-order valence-electron chi connectivity index (χ1n) is 9.26. The molecule has 2 amide bonds. The van der Waals surface area contributed by atoms with Crippen molar-refractivity contribution in [1.29, 1.82) is 0 Å². The third-order valence-electron chi connectivity index (χ3n) is 4.73. The molecule has 3 aromatic carbocycles. The van der Waals surface area contributed by atoms with Crippen molar-refractivity contribution < 1.29 is 19.4 Å². The first-order valence-corrected chi connectivity index (χ1v) is 9.26. The Kier molecular flexibility index (Phi) is 5.30. The standard InChI is InChI=1S/C22H22N2O4/c25-19(16-8-9-20-21(12-16)28-11-10-27-20)14-24-22(26)23-13-17-6-3-5-15-4-1-2-7-18(15)17/h1-9,12,19,25H,10-11,13-14H2,(H2,23,24,26)/t19-/m1/s1. The molecule has 0 saturated carbocycles. The number of fused-ring (bicyclic) bond motifs is 2. The van der Waals surface area contributed by atoms with E-state index in [2.05, 4.69) is 10.6 Å². The number of aliphatic hydroxyl groups excluding tert-OH is 1. The minimum atomic E-state index is -0.834. The Morgan fingerprint density at radius 1 is 0.964 bits per heavy atom. The molecule has 1 aliphatic rings. The van der Waals surface area contributed by atoms with Gasteiger partial charge in [-0.3, -0.25) is 0 Å². The second kappa shape index (κ2) is 8.19. The average molecular weight is 378 g/mol. The predicted molar refractivity (Wildman–Crippen MR) is 107 cm³/mol. The first kappa shape index (κ1) is 18.1. The molecule has 28 heavy (non-hydrogen) atoms. The number of urea groups is 1. The van der Waals surface area contributed by atoms with Crippen LogP contribution in [0.25, 0.3) is 10.8 Å². The molecule has 1 heterocycles. The maximum atomic E-state index is 12.1. The van der Waals surface area contributed by atoms with Gasteiger partial charge in [-0.15, -0.1) is 0 Å². The van der Waals surface area contributed by atoms with E-state index in [-0.39, 0.29) is 12.6 Å². The number of nitrogens with one attached hydrogen (secondary N) is 2. The molecule has 1 atom stereocenters. The Labute approximate surface area is 163 Å². The number of ether oxygens (including phenoxy) is 2. The van der Waals surface area contributed by atoms with Crippen molar-refractivity contribution in [2.24, 2.45) is 0 Å². The fraction of sp³-hybridized carbons (Fsp3) is 0.227. The zero-order valence-corrected chi connectivity index (χ0v) is 15.4. The van der Waals surface area contributed by atoms with E-state index in [1.165, 1.54) is 0 Å². The van der Waals surface area contributed by atoms with Crippen LogP contribution in [0.3, 0.4) is 0 Å². The highest BCUT2D eigenvalue weighted by Gasteiger charge is 2.16. The van der Waals surface area contributed by atoms with Crippen molar-refractivity contribution in [3.8, 4) is 11.5 Å². The van der Waals surface area contributed by atoms with E-state index >= 15 is 0 Å². The van der Waals surface area contributed by atoms with Crippen LogP contribution >= 0.6 is 0 Å². The van der Waals surface area contributed by atoms with Gasteiger partial charge in [0, 0.05) is 13.1 Å². The fourth-order valence-corrected chi connectivity index (χ4v) is 3.26. The van der Waals surface area contributed by atoms with E-state index in [9.17, 15) is 9.90 Å². The second-order valence-electron chi connectivity index (χ2n) is 6.62. The molecule has 0 saturated heterocycles. The topological polar surface area (TPSA) is 79.8 Å². The Balaban J connectivity index is 1.32. The SMILES string of the molecule is O=C(NCc1cccc2ccccc12)NC[C@@H](O)c1ccc2c(c1)OCCO2. The highest BCUT2D eigenvalue weighted by Crippen LogP contribution is 2.32. The Morgan fingerprint density at radius 3 is 2.64 bits per heavy atom. The molecule has 0 bridgehead atoms. The summed E-state index contributed by atoms with van der Waals surface area (Å²) in [5.74, 6) is 1.28. The molecule has 6 nitrogen and oxygen atoms in total. The lowest BCUT2D eigenvalue weighted by molar-refractivity contribution is 0.163. The summed E-state index contributed by atoms with van der Waals surface area (Å²) < 4.78 is 11.0. The molecular weight excluding hydrogens is 356 g/mol. The van der Waals surface area contributed by atoms with Crippen LogP contribution in [-0.4, -0.2) is 30.9 Å². The fourth-order valence-electron chi connectivity index (χ4n) is 3.26. The molecule has 0 radical (unpaired) electrons. The van der Waals surface area contributed by atoms with Crippen LogP contribution in [-0.2, 0) is 6.54 Å². The Morgan fingerprint density at radius 2 is 1.75 bits per heavy atom. The lowest BCUT2D eigenvalue weighted by Crippen LogP contribution is -2.37. The zero-order valence-electron chi connectivity index (χ0n) is 15.4. The van der Waals surface area contributed by atoms with Gasteiger partial charge in [-0.25, -0.2) is 4.79 Å². The van der Waals surface area contributed by atoms with E-state index in [0.717, 1.165) is 16.3 Å². The number of aliphatic hydroxyl groups is 1. The van der Waals surface area contributed by atoms with Gasteiger partial charge in [0.05, 0.1) is 6.10 Å². The van der Waals surface area contributed by atoms with Gasteiger partial charge in [-0.05, 0) is 34.0 Å². The lowest BCUT2D eigenvalue weighted by Gasteiger charge is -2.20. The van der Waals surface area contributed by atoms with Crippen LogP contribution < -0.4 is 20.1 Å². The van der Waals surface area contributed by atoms with Gasteiger partial charge in [-0.1, -0.05) is 48.5 Å². The molecule has 4 rings (SSSR count). The van der Waals surface area contributed by atoms with Crippen molar-refractivity contribution in [2.75, 3.05) is 19.8 Å². The minimum Gasteiger partial charge on any atom is -0.486 e. The summed E-state index contributed by atoms with van der Waals surface area (Å²) in [5.41, 5.74) is 1.71. The third-order valence-corrected chi connectivity index (χ3v) is 4.73. The van der Waals surface area contributed by atoms with Crippen molar-refractivity contribution in [3.05, 3.63) is 71.8 Å². The van der Waals surface area contributed by atoms with E-state index in [0.29, 0.717) is 36.8 Å². The third kappa shape index (κ3) is 4.02. The van der Waals surface area contributed by atoms with Crippen LogP contribution in [0.2, 0.25) is 0 Å². The summed E-state index contributed by atoms with van der Waals surface area (Å²) in [6.07, 6.45) is -0.834. The summed E-state index contributed by atoms with van der Waals surface area (Å²) in [6.45, 7) is 1.52. The summed E-state index contributed by atoms with van der Waals surface area (Å²) in [7, 11) is 0. The molecule has 0 unspecified atom stereocenters. The number of amides is 2. The van der Waals surface area contributed by atoms with Gasteiger partial charge >= 0.3 is 6.03 Å². The summed E-state index contributed by atoms with van der Waals surface area (Å²) in [6, 6.07) is 19.0. The highest BCUT2D eigenvalue weighted by atomic mass is 16.6. The van der Waals surface area contributed by atoms with Crippen LogP contribution in [0.1, 0.15) is 17.2 Å². The monoisotopic (exact) mass is 378 g/mol. The number of benzene rings is 3. The molecule has 0 spiro atoms. The number of hydrogen-bond acceptors (Lipinski definition) is 4. The Bertz CT molecular complexity index is 984. The molecule has 144 valence electrons. The second-order valence-corrected chi connectivity index (χ2v) is 6.62. The molecular formula is C22H22N2O4. The van der Waals surface area contributed by atoms with Crippen molar-refractivity contribution in [1.82, 2.24) is 10.6 Å². The van der Waals surface area contributed by atoms with Crippen LogP contribution in [0, 0.1) is 0 Å². The van der Waals surface area contributed by atoms with E-state index in [4.69, 9.17) is 9.47 Å². The van der Waals surface area contributed by atoms with E-state index in [1.807, 2.05) is 42.5 Å². The smallest absolute Gasteiger partial charge is 0.315 e. The summed E-state index contributed by atoms with van der Waals surface area (Å²) in [5, 5.41) is 18.2. The average Bonchev–Trinajstić information content (AvgIpc) is 2.75. The largest absolute Gasteiger partial charge is 0.486 e. The first-order chi connectivity index (χ1) is 13.7. The van der Waals surface area contributed by atoms with Gasteiger partial charge in [0.15, 0.2) is 11.5 Å². The van der Waals surface area contributed by atoms with Gasteiger partial charge in [0.25, 0.3) is 0 Å². The van der Waals surface area contributed by atoms with Crippen molar-refractivity contribution in [2.45, 2.75) is 12.6 Å². The number of carbonyl (C=O) groups excluding carboxylic acids is 1. The summed E-state index contributed by atoms with van der Waals surface area (Å²) in [4.78, 5) is 12.1. The predicted octanol–water partition coefficient (Wildman–Crippen LogP) is 3.14. The van der Waals surface area contributed by atoms with Gasteiger partial charge in [0.2, 0.25) is 0 Å². The minimum absolute atomic E-state index is 0.0982. The maximum absolute atomic E-state index is 12.1. The normalized spacial score (nSPS) is 13.8. The molecule has 0 aliphatic carbocycles. The Hall–Kier alpha value is -3.25. The van der Waals surface area contributed by atoms with Crippen LogP contribution in [0.15, 0.2) is 60.7 Å². The highest BCUT2D eigenvalue weighted by molar-refractivity contribution is 5.86. The molecule has 3 aromatic rings.